The maximum atomic E-state index is 11.8. The van der Waals surface area contributed by atoms with E-state index in [9.17, 15) is 9.59 Å². The first-order valence-corrected chi connectivity index (χ1v) is 6.78. The van der Waals surface area contributed by atoms with E-state index in [0.29, 0.717) is 12.2 Å². The van der Waals surface area contributed by atoms with Gasteiger partial charge in [0.2, 0.25) is 0 Å². The smallest absolute Gasteiger partial charge is 0.337 e. The van der Waals surface area contributed by atoms with E-state index in [1.54, 1.807) is 0 Å². The van der Waals surface area contributed by atoms with Gasteiger partial charge in [-0.2, -0.15) is 0 Å². The summed E-state index contributed by atoms with van der Waals surface area (Å²) in [6.07, 6.45) is 7.25. The molecular formula is C14H19N3O3. The molecule has 1 aliphatic carbocycles. The number of pyridine rings is 1. The van der Waals surface area contributed by atoms with Crippen molar-refractivity contribution in [2.75, 3.05) is 11.9 Å². The molecule has 6 heteroatoms. The van der Waals surface area contributed by atoms with E-state index in [-0.39, 0.29) is 17.0 Å². The number of carbonyl (C=O) groups excluding carboxylic acids is 1. The number of aromatic nitrogens is 1. The van der Waals surface area contributed by atoms with Crippen molar-refractivity contribution >= 4 is 17.7 Å². The van der Waals surface area contributed by atoms with Crippen LogP contribution in [-0.2, 0) is 0 Å². The molecule has 0 unspecified atom stereocenters. The largest absolute Gasteiger partial charge is 0.478 e. The van der Waals surface area contributed by atoms with Gasteiger partial charge in [0.25, 0.3) is 0 Å². The Morgan fingerprint density at radius 2 is 2.15 bits per heavy atom. The van der Waals surface area contributed by atoms with Crippen molar-refractivity contribution < 1.29 is 14.7 Å². The summed E-state index contributed by atoms with van der Waals surface area (Å²) < 4.78 is 0. The first kappa shape index (κ1) is 14.3. The van der Waals surface area contributed by atoms with Crippen molar-refractivity contribution in [3.8, 4) is 0 Å². The molecule has 1 aromatic rings. The molecule has 1 aromatic heterocycles. The van der Waals surface area contributed by atoms with Crippen LogP contribution >= 0.6 is 0 Å². The summed E-state index contributed by atoms with van der Waals surface area (Å²) in [5, 5.41) is 14.3. The van der Waals surface area contributed by atoms with Gasteiger partial charge in [0.1, 0.15) is 0 Å². The van der Waals surface area contributed by atoms with Crippen molar-refractivity contribution in [2.45, 2.75) is 32.6 Å². The number of hydrogen-bond donors (Lipinski definition) is 3. The fourth-order valence-corrected chi connectivity index (χ4v) is 2.40. The van der Waals surface area contributed by atoms with Gasteiger partial charge in [-0.25, -0.2) is 9.59 Å². The summed E-state index contributed by atoms with van der Waals surface area (Å²) in [7, 11) is 0. The van der Waals surface area contributed by atoms with Crippen LogP contribution in [0.15, 0.2) is 18.5 Å². The number of urea groups is 1. The van der Waals surface area contributed by atoms with E-state index in [1.165, 1.54) is 24.9 Å². The third-order valence-corrected chi connectivity index (χ3v) is 4.03. The van der Waals surface area contributed by atoms with E-state index in [1.807, 2.05) is 0 Å². The van der Waals surface area contributed by atoms with Crippen LogP contribution in [0.2, 0.25) is 0 Å². The van der Waals surface area contributed by atoms with Crippen LogP contribution in [0.1, 0.15) is 43.0 Å². The van der Waals surface area contributed by atoms with E-state index >= 15 is 0 Å². The van der Waals surface area contributed by atoms with Gasteiger partial charge in [0.05, 0.1) is 17.4 Å². The lowest BCUT2D eigenvalue weighted by molar-refractivity contribution is 0.0696. The van der Waals surface area contributed by atoms with Crippen LogP contribution in [-0.4, -0.2) is 28.6 Å². The highest BCUT2D eigenvalue weighted by Gasteiger charge is 2.35. The SMILES string of the molecule is CCC1(CNC(=O)Nc2cncc(C(=O)O)c2)CCC1. The first-order chi connectivity index (χ1) is 9.54. The number of amides is 2. The van der Waals surface area contributed by atoms with Gasteiger partial charge in [-0.1, -0.05) is 13.3 Å². The van der Waals surface area contributed by atoms with Crippen molar-refractivity contribution in [1.82, 2.24) is 10.3 Å². The summed E-state index contributed by atoms with van der Waals surface area (Å²) in [5.41, 5.74) is 0.673. The second-order valence-corrected chi connectivity index (χ2v) is 5.28. The Labute approximate surface area is 117 Å². The molecule has 0 aliphatic heterocycles. The standard InChI is InChI=1S/C14H19N3O3/c1-2-14(4-3-5-14)9-16-13(20)17-11-6-10(12(18)19)7-15-8-11/h6-8H,2-5,9H2,1H3,(H,18,19)(H2,16,17,20). The number of hydrogen-bond acceptors (Lipinski definition) is 3. The monoisotopic (exact) mass is 277 g/mol. The molecule has 108 valence electrons. The van der Waals surface area contributed by atoms with E-state index in [2.05, 4.69) is 22.5 Å². The van der Waals surface area contributed by atoms with Gasteiger partial charge in [0.15, 0.2) is 0 Å². The van der Waals surface area contributed by atoms with Crippen LogP contribution in [0.4, 0.5) is 10.5 Å². The third kappa shape index (κ3) is 3.26. The molecule has 2 rings (SSSR count). The Morgan fingerprint density at radius 3 is 2.70 bits per heavy atom. The summed E-state index contributed by atoms with van der Waals surface area (Å²) in [5.74, 6) is -1.07. The van der Waals surface area contributed by atoms with Crippen LogP contribution in [0.3, 0.4) is 0 Å². The fourth-order valence-electron chi connectivity index (χ4n) is 2.40. The molecule has 0 bridgehead atoms. The van der Waals surface area contributed by atoms with E-state index < -0.39 is 5.97 Å². The molecule has 0 saturated heterocycles. The second-order valence-electron chi connectivity index (χ2n) is 5.28. The average molecular weight is 277 g/mol. The van der Waals surface area contributed by atoms with E-state index in [0.717, 1.165) is 19.3 Å². The van der Waals surface area contributed by atoms with Crippen LogP contribution in [0, 0.1) is 5.41 Å². The molecule has 0 atom stereocenters. The quantitative estimate of drug-likeness (QED) is 0.771. The predicted octanol–water partition coefficient (Wildman–Crippen LogP) is 2.48. The Kier molecular flexibility index (Phi) is 4.22. The van der Waals surface area contributed by atoms with Gasteiger partial charge in [-0.05, 0) is 30.7 Å². The molecule has 0 aromatic carbocycles. The van der Waals surface area contributed by atoms with E-state index in [4.69, 9.17) is 5.11 Å². The second kappa shape index (κ2) is 5.90. The lowest BCUT2D eigenvalue weighted by Gasteiger charge is -2.41. The molecule has 2 amide bonds. The maximum Gasteiger partial charge on any atom is 0.337 e. The summed E-state index contributed by atoms with van der Waals surface area (Å²) in [6, 6.07) is 1.06. The highest BCUT2D eigenvalue weighted by Crippen LogP contribution is 2.42. The molecule has 0 radical (unpaired) electrons. The zero-order valence-electron chi connectivity index (χ0n) is 11.5. The number of anilines is 1. The summed E-state index contributed by atoms with van der Waals surface area (Å²) in [4.78, 5) is 26.4. The lowest BCUT2D eigenvalue weighted by atomic mass is 9.67. The molecule has 0 spiro atoms. The number of carboxylic acids is 1. The van der Waals surface area contributed by atoms with Crippen LogP contribution in [0.5, 0.6) is 0 Å². The summed E-state index contributed by atoms with van der Waals surface area (Å²) >= 11 is 0. The molecule has 1 aliphatic rings. The third-order valence-electron chi connectivity index (χ3n) is 4.03. The van der Waals surface area contributed by atoms with Crippen molar-refractivity contribution in [3.63, 3.8) is 0 Å². The molecule has 20 heavy (non-hydrogen) atoms. The lowest BCUT2D eigenvalue weighted by Crippen LogP contribution is -2.43. The number of nitrogens with one attached hydrogen (secondary N) is 2. The number of aromatic carboxylic acids is 1. The van der Waals surface area contributed by atoms with Gasteiger partial charge in [-0.15, -0.1) is 0 Å². The fraction of sp³-hybridized carbons (Fsp3) is 0.500. The predicted molar refractivity (Wildman–Crippen MR) is 74.8 cm³/mol. The van der Waals surface area contributed by atoms with Crippen molar-refractivity contribution in [1.29, 1.82) is 0 Å². The molecule has 1 fully saturated rings. The number of carboxylic acid groups (broad SMARTS) is 1. The Bertz CT molecular complexity index is 507. The number of nitrogens with zero attached hydrogens (tertiary/aromatic N) is 1. The highest BCUT2D eigenvalue weighted by atomic mass is 16.4. The minimum atomic E-state index is -1.07. The Balaban J connectivity index is 1.88. The highest BCUT2D eigenvalue weighted by molar-refractivity contribution is 5.92. The maximum absolute atomic E-state index is 11.8. The molecule has 1 saturated carbocycles. The van der Waals surface area contributed by atoms with Crippen molar-refractivity contribution in [3.05, 3.63) is 24.0 Å². The topological polar surface area (TPSA) is 91.3 Å². The first-order valence-electron chi connectivity index (χ1n) is 6.78. The normalized spacial score (nSPS) is 16.1. The summed E-state index contributed by atoms with van der Waals surface area (Å²) in [6.45, 7) is 2.79. The van der Waals surface area contributed by atoms with Gasteiger partial charge >= 0.3 is 12.0 Å². The minimum absolute atomic E-state index is 0.0480. The molecule has 3 N–H and O–H groups in total. The Hall–Kier alpha value is -2.11. The van der Waals surface area contributed by atoms with Crippen LogP contribution in [0.25, 0.3) is 0 Å². The molecular weight excluding hydrogens is 258 g/mol. The zero-order valence-corrected chi connectivity index (χ0v) is 11.5. The van der Waals surface area contributed by atoms with Crippen molar-refractivity contribution in [2.24, 2.45) is 5.41 Å². The van der Waals surface area contributed by atoms with Gasteiger partial charge in [-0.3, -0.25) is 4.98 Å². The minimum Gasteiger partial charge on any atom is -0.478 e. The number of rotatable bonds is 5. The van der Waals surface area contributed by atoms with Gasteiger partial charge < -0.3 is 15.7 Å². The Morgan fingerprint density at radius 1 is 1.40 bits per heavy atom. The molecule has 6 nitrogen and oxygen atoms in total. The van der Waals surface area contributed by atoms with Gasteiger partial charge in [0, 0.05) is 12.7 Å². The zero-order chi connectivity index (χ0) is 14.6. The number of carbonyl (C=O) groups is 2. The average Bonchev–Trinajstić information content (AvgIpc) is 2.38. The molecule has 1 heterocycles. The van der Waals surface area contributed by atoms with Crippen LogP contribution < -0.4 is 10.6 Å².